The molecule has 6 heteroatoms. The fourth-order valence-electron chi connectivity index (χ4n) is 2.65. The summed E-state index contributed by atoms with van der Waals surface area (Å²) in [4.78, 5) is 24.1. The van der Waals surface area contributed by atoms with Gasteiger partial charge in [0.25, 0.3) is 5.91 Å². The number of hydrogen-bond donors (Lipinski definition) is 2. The molecule has 0 fully saturated rings. The van der Waals surface area contributed by atoms with Gasteiger partial charge in [0, 0.05) is 5.56 Å². The van der Waals surface area contributed by atoms with Crippen LogP contribution in [0.4, 0.5) is 0 Å². The fourth-order valence-corrected chi connectivity index (χ4v) is 3.02. The van der Waals surface area contributed by atoms with Gasteiger partial charge in [-0.25, -0.2) is 4.79 Å². The van der Waals surface area contributed by atoms with Crippen LogP contribution in [0.25, 0.3) is 5.57 Å². The minimum Gasteiger partial charge on any atom is -0.477 e. The molecule has 29 heavy (non-hydrogen) atoms. The molecule has 5 nitrogen and oxygen atoms in total. The van der Waals surface area contributed by atoms with E-state index in [1.165, 1.54) is 0 Å². The van der Waals surface area contributed by atoms with Crippen LogP contribution in [-0.4, -0.2) is 17.0 Å². The number of ether oxygens (including phenoxy) is 1. The first-order valence-corrected chi connectivity index (χ1v) is 9.58. The third-order valence-corrected chi connectivity index (χ3v) is 4.87. The summed E-state index contributed by atoms with van der Waals surface area (Å²) in [5.41, 5.74) is 1.32. The molecule has 0 atom stereocenters. The van der Waals surface area contributed by atoms with E-state index in [1.54, 1.807) is 61.5 Å². The van der Waals surface area contributed by atoms with Crippen LogP contribution in [0.3, 0.4) is 0 Å². The second kappa shape index (κ2) is 9.21. The molecule has 146 valence electrons. The number of halogens is 1. The number of hydrogen-bond acceptors (Lipinski definition) is 3. The summed E-state index contributed by atoms with van der Waals surface area (Å²) in [6.07, 6.45) is 0. The van der Waals surface area contributed by atoms with Crippen molar-refractivity contribution < 1.29 is 19.4 Å². The predicted molar refractivity (Wildman–Crippen MR) is 115 cm³/mol. The first kappa shape index (κ1) is 20.4. The van der Waals surface area contributed by atoms with Gasteiger partial charge in [0.1, 0.15) is 17.2 Å². The van der Waals surface area contributed by atoms with Crippen molar-refractivity contribution in [1.29, 1.82) is 0 Å². The van der Waals surface area contributed by atoms with Gasteiger partial charge in [-0.05, 0) is 70.4 Å². The summed E-state index contributed by atoms with van der Waals surface area (Å²) in [5.74, 6) is -0.399. The van der Waals surface area contributed by atoms with E-state index in [9.17, 15) is 14.7 Å². The van der Waals surface area contributed by atoms with E-state index in [0.717, 1.165) is 4.47 Å². The molecule has 3 rings (SSSR count). The van der Waals surface area contributed by atoms with Crippen molar-refractivity contribution in [1.82, 2.24) is 5.32 Å². The van der Waals surface area contributed by atoms with Gasteiger partial charge in [0.2, 0.25) is 0 Å². The Hall–Kier alpha value is -3.38. The van der Waals surface area contributed by atoms with E-state index < -0.39 is 11.9 Å². The lowest BCUT2D eigenvalue weighted by Crippen LogP contribution is -2.28. The van der Waals surface area contributed by atoms with Gasteiger partial charge in [-0.15, -0.1) is 0 Å². The molecule has 0 heterocycles. The summed E-state index contributed by atoms with van der Waals surface area (Å²) in [5, 5.41) is 12.1. The second-order valence-corrected chi connectivity index (χ2v) is 7.04. The fraction of sp³-hybridized carbons (Fsp3) is 0.0435. The highest BCUT2D eigenvalue weighted by Crippen LogP contribution is 2.30. The highest BCUT2D eigenvalue weighted by Gasteiger charge is 2.17. The minimum absolute atomic E-state index is 0.168. The molecule has 0 aliphatic heterocycles. The Balaban J connectivity index is 1.82. The molecule has 0 bridgehead atoms. The summed E-state index contributed by atoms with van der Waals surface area (Å²) in [6.45, 7) is 1.65. The number of amides is 1. The molecule has 0 unspecified atom stereocenters. The summed E-state index contributed by atoms with van der Waals surface area (Å²) in [7, 11) is 0. The van der Waals surface area contributed by atoms with E-state index in [2.05, 4.69) is 21.2 Å². The summed E-state index contributed by atoms with van der Waals surface area (Å²) < 4.78 is 6.66. The molecule has 0 saturated heterocycles. The first-order chi connectivity index (χ1) is 14.0. The van der Waals surface area contributed by atoms with E-state index in [0.29, 0.717) is 28.2 Å². The van der Waals surface area contributed by atoms with E-state index in [1.807, 2.05) is 24.3 Å². The van der Waals surface area contributed by atoms with E-state index in [-0.39, 0.29) is 5.70 Å². The van der Waals surface area contributed by atoms with Crippen LogP contribution >= 0.6 is 15.9 Å². The standard InChI is InChI=1S/C23H18BrNO4/c1-15(21(23(27)28)25-22(26)17-7-3-2-4-8-17)16-11-13-18(14-12-16)29-20-10-6-5-9-19(20)24/h2-14H,1H3,(H,25,26)(H,27,28). The smallest absolute Gasteiger partial charge is 0.352 e. The van der Waals surface area contributed by atoms with Crippen LogP contribution in [0.2, 0.25) is 0 Å². The number of benzene rings is 3. The highest BCUT2D eigenvalue weighted by molar-refractivity contribution is 9.10. The SMILES string of the molecule is CC(=C(NC(=O)c1ccccc1)C(=O)O)c1ccc(Oc2ccccc2Br)cc1. The van der Waals surface area contributed by atoms with Gasteiger partial charge in [-0.1, -0.05) is 42.5 Å². The molecule has 0 radical (unpaired) electrons. The Morgan fingerprint density at radius 3 is 2.10 bits per heavy atom. The first-order valence-electron chi connectivity index (χ1n) is 8.79. The number of allylic oxidation sites excluding steroid dienone is 1. The van der Waals surface area contributed by atoms with Gasteiger partial charge in [-0.2, -0.15) is 0 Å². The van der Waals surface area contributed by atoms with Crippen molar-refractivity contribution in [2.45, 2.75) is 6.92 Å². The molecule has 2 N–H and O–H groups in total. The van der Waals surface area contributed by atoms with Gasteiger partial charge < -0.3 is 15.2 Å². The number of carboxylic acid groups (broad SMARTS) is 1. The Kier molecular flexibility index (Phi) is 6.46. The second-order valence-electron chi connectivity index (χ2n) is 6.18. The number of carboxylic acids is 1. The van der Waals surface area contributed by atoms with Crippen molar-refractivity contribution in [2.75, 3.05) is 0 Å². The molecule has 1 amide bonds. The lowest BCUT2D eigenvalue weighted by Gasteiger charge is -2.12. The molecule has 3 aromatic rings. The predicted octanol–water partition coefficient (Wildman–Crippen LogP) is 5.49. The van der Waals surface area contributed by atoms with Crippen LogP contribution in [0.5, 0.6) is 11.5 Å². The van der Waals surface area contributed by atoms with Crippen molar-refractivity contribution in [3.05, 3.63) is 100 Å². The van der Waals surface area contributed by atoms with Gasteiger partial charge in [-0.3, -0.25) is 4.79 Å². The number of carbonyl (C=O) groups is 2. The summed E-state index contributed by atoms with van der Waals surface area (Å²) in [6, 6.07) is 22.9. The number of rotatable bonds is 6. The maximum Gasteiger partial charge on any atom is 0.352 e. The molecule has 0 spiro atoms. The molecule has 3 aromatic carbocycles. The molecule has 0 aromatic heterocycles. The van der Waals surface area contributed by atoms with Crippen LogP contribution in [-0.2, 0) is 4.79 Å². The molecule has 0 aliphatic carbocycles. The number of para-hydroxylation sites is 1. The number of carbonyl (C=O) groups excluding carboxylic acids is 1. The highest BCUT2D eigenvalue weighted by atomic mass is 79.9. The van der Waals surface area contributed by atoms with Gasteiger partial charge >= 0.3 is 5.97 Å². The van der Waals surface area contributed by atoms with E-state index >= 15 is 0 Å². The zero-order valence-electron chi connectivity index (χ0n) is 15.6. The summed E-state index contributed by atoms with van der Waals surface area (Å²) >= 11 is 3.43. The zero-order valence-corrected chi connectivity index (χ0v) is 17.1. The van der Waals surface area contributed by atoms with Gasteiger partial charge in [0.15, 0.2) is 0 Å². The average molecular weight is 452 g/mol. The minimum atomic E-state index is -1.21. The van der Waals surface area contributed by atoms with Crippen molar-refractivity contribution >= 4 is 33.4 Å². The normalized spacial score (nSPS) is 11.4. The quantitative estimate of drug-likeness (QED) is 0.486. The Morgan fingerprint density at radius 2 is 1.48 bits per heavy atom. The van der Waals surface area contributed by atoms with Crippen molar-refractivity contribution in [3.63, 3.8) is 0 Å². The van der Waals surface area contributed by atoms with Crippen molar-refractivity contribution in [3.8, 4) is 11.5 Å². The number of nitrogens with one attached hydrogen (secondary N) is 1. The maximum atomic E-state index is 12.4. The van der Waals surface area contributed by atoms with Crippen LogP contribution < -0.4 is 10.1 Å². The Bertz CT molecular complexity index is 1060. The van der Waals surface area contributed by atoms with Crippen LogP contribution in [0.1, 0.15) is 22.8 Å². The van der Waals surface area contributed by atoms with Crippen LogP contribution in [0.15, 0.2) is 89.0 Å². The van der Waals surface area contributed by atoms with E-state index in [4.69, 9.17) is 4.74 Å². The number of aliphatic carboxylic acids is 1. The average Bonchev–Trinajstić information content (AvgIpc) is 2.74. The van der Waals surface area contributed by atoms with Crippen LogP contribution in [0, 0.1) is 0 Å². The molecule has 0 aliphatic rings. The van der Waals surface area contributed by atoms with Gasteiger partial charge in [0.05, 0.1) is 4.47 Å². The lowest BCUT2D eigenvalue weighted by atomic mass is 10.0. The monoisotopic (exact) mass is 451 g/mol. The largest absolute Gasteiger partial charge is 0.477 e. The Labute approximate surface area is 176 Å². The maximum absolute atomic E-state index is 12.4. The molecular formula is C23H18BrNO4. The topological polar surface area (TPSA) is 75.6 Å². The van der Waals surface area contributed by atoms with Crippen molar-refractivity contribution in [2.24, 2.45) is 0 Å². The molecule has 0 saturated carbocycles. The molecular weight excluding hydrogens is 434 g/mol. The lowest BCUT2D eigenvalue weighted by molar-refractivity contribution is -0.132. The Morgan fingerprint density at radius 1 is 0.862 bits per heavy atom. The third kappa shape index (κ3) is 5.12. The zero-order chi connectivity index (χ0) is 20.8. The third-order valence-electron chi connectivity index (χ3n) is 4.22.